The molecule has 4 nitrogen and oxygen atoms in total. The number of hydrogen-bond donors (Lipinski definition) is 2. The van der Waals surface area contributed by atoms with Crippen LogP contribution in [0.5, 0.6) is 0 Å². The lowest BCUT2D eigenvalue weighted by molar-refractivity contribution is 0.178. The Morgan fingerprint density at radius 2 is 2.13 bits per heavy atom. The molecule has 5 heteroatoms. The first-order chi connectivity index (χ1) is 7.24. The van der Waals surface area contributed by atoms with Crippen molar-refractivity contribution >= 4 is 21.9 Å². The summed E-state index contributed by atoms with van der Waals surface area (Å²) in [6.07, 6.45) is 6.24. The smallest absolute Gasteiger partial charge is 0.222 e. The minimum atomic E-state index is -0.109. The van der Waals surface area contributed by atoms with E-state index in [9.17, 15) is 5.11 Å². The molecule has 0 amide bonds. The van der Waals surface area contributed by atoms with E-state index >= 15 is 0 Å². The number of aromatic nitrogens is 2. The van der Waals surface area contributed by atoms with Gasteiger partial charge in [-0.3, -0.25) is 0 Å². The van der Waals surface area contributed by atoms with E-state index in [1.807, 2.05) is 0 Å². The van der Waals surface area contributed by atoms with Crippen molar-refractivity contribution in [3.8, 4) is 0 Å². The van der Waals surface area contributed by atoms with E-state index in [2.05, 4.69) is 31.2 Å². The summed E-state index contributed by atoms with van der Waals surface area (Å²) in [5.41, 5.74) is 0. The fourth-order valence-corrected chi connectivity index (χ4v) is 2.08. The summed E-state index contributed by atoms with van der Waals surface area (Å²) in [5.74, 6) is 1.20. The highest BCUT2D eigenvalue weighted by Gasteiger charge is 2.22. The molecule has 82 valence electrons. The number of aliphatic hydroxyl groups excluding tert-OH is 1. The Balaban J connectivity index is 1.80. The molecule has 2 atom stereocenters. The van der Waals surface area contributed by atoms with E-state index in [1.54, 1.807) is 12.4 Å². The lowest BCUT2D eigenvalue weighted by Gasteiger charge is -2.10. The Labute approximate surface area is 97.3 Å². The Hall–Kier alpha value is -0.680. The highest BCUT2D eigenvalue weighted by atomic mass is 79.9. The SMILES string of the molecule is OC1CCC(CNc2ncc(Br)cn2)C1. The summed E-state index contributed by atoms with van der Waals surface area (Å²) in [6.45, 7) is 0.846. The Morgan fingerprint density at radius 1 is 1.40 bits per heavy atom. The maximum absolute atomic E-state index is 9.37. The molecular formula is C10H14BrN3O. The van der Waals surface area contributed by atoms with Crippen molar-refractivity contribution in [1.82, 2.24) is 9.97 Å². The molecule has 1 aromatic rings. The van der Waals surface area contributed by atoms with E-state index in [-0.39, 0.29) is 6.10 Å². The zero-order chi connectivity index (χ0) is 10.7. The molecule has 1 aliphatic rings. The predicted octanol–water partition coefficient (Wildman–Crippen LogP) is 1.81. The zero-order valence-electron chi connectivity index (χ0n) is 8.36. The fourth-order valence-electron chi connectivity index (χ4n) is 1.87. The van der Waals surface area contributed by atoms with Gasteiger partial charge in [0.15, 0.2) is 0 Å². The van der Waals surface area contributed by atoms with Gasteiger partial charge in [0.05, 0.1) is 10.6 Å². The maximum atomic E-state index is 9.37. The lowest BCUT2D eigenvalue weighted by Crippen LogP contribution is -2.14. The molecule has 1 fully saturated rings. The molecule has 0 aromatic carbocycles. The molecule has 1 heterocycles. The second-order valence-corrected chi connectivity index (χ2v) is 4.85. The molecule has 2 rings (SSSR count). The first kappa shape index (κ1) is 10.8. The second-order valence-electron chi connectivity index (χ2n) is 3.94. The first-order valence-corrected chi connectivity index (χ1v) is 5.93. The van der Waals surface area contributed by atoms with Crippen LogP contribution in [0.3, 0.4) is 0 Å². The van der Waals surface area contributed by atoms with E-state index < -0.39 is 0 Å². The maximum Gasteiger partial charge on any atom is 0.222 e. The molecule has 15 heavy (non-hydrogen) atoms. The minimum Gasteiger partial charge on any atom is -0.393 e. The van der Waals surface area contributed by atoms with Crippen LogP contribution in [0.1, 0.15) is 19.3 Å². The summed E-state index contributed by atoms with van der Waals surface area (Å²) in [6, 6.07) is 0. The van der Waals surface area contributed by atoms with Crippen LogP contribution in [-0.2, 0) is 0 Å². The molecule has 0 aliphatic heterocycles. The molecule has 1 aromatic heterocycles. The second kappa shape index (κ2) is 4.90. The third-order valence-electron chi connectivity index (χ3n) is 2.68. The van der Waals surface area contributed by atoms with Crippen molar-refractivity contribution in [3.05, 3.63) is 16.9 Å². The van der Waals surface area contributed by atoms with Crippen LogP contribution in [0.25, 0.3) is 0 Å². The van der Waals surface area contributed by atoms with Crippen molar-refractivity contribution in [2.75, 3.05) is 11.9 Å². The molecular weight excluding hydrogens is 258 g/mol. The first-order valence-electron chi connectivity index (χ1n) is 5.13. The molecule has 0 spiro atoms. The Kier molecular flexibility index (Phi) is 3.53. The van der Waals surface area contributed by atoms with Crippen molar-refractivity contribution in [3.63, 3.8) is 0 Å². The van der Waals surface area contributed by atoms with Crippen LogP contribution in [0.4, 0.5) is 5.95 Å². The van der Waals surface area contributed by atoms with E-state index in [1.165, 1.54) is 0 Å². The number of nitrogens with zero attached hydrogens (tertiary/aromatic N) is 2. The third-order valence-corrected chi connectivity index (χ3v) is 3.09. The Bertz CT molecular complexity index is 317. The standard InChI is InChI=1S/C10H14BrN3O/c11-8-5-13-10(14-6-8)12-4-7-1-2-9(15)3-7/h5-7,9,15H,1-4H2,(H,12,13,14). The van der Waals surface area contributed by atoms with Gasteiger partial charge < -0.3 is 10.4 Å². The van der Waals surface area contributed by atoms with Gasteiger partial charge in [0, 0.05) is 18.9 Å². The van der Waals surface area contributed by atoms with Crippen LogP contribution in [0.15, 0.2) is 16.9 Å². The molecule has 0 bridgehead atoms. The van der Waals surface area contributed by atoms with Gasteiger partial charge in [-0.1, -0.05) is 0 Å². The highest BCUT2D eigenvalue weighted by molar-refractivity contribution is 9.10. The van der Waals surface area contributed by atoms with E-state index in [0.717, 1.165) is 30.3 Å². The lowest BCUT2D eigenvalue weighted by atomic mass is 10.1. The third kappa shape index (κ3) is 3.14. The average molecular weight is 272 g/mol. The Morgan fingerprint density at radius 3 is 2.73 bits per heavy atom. The zero-order valence-corrected chi connectivity index (χ0v) is 9.94. The normalized spacial score (nSPS) is 25.5. The van der Waals surface area contributed by atoms with E-state index in [0.29, 0.717) is 11.9 Å². The van der Waals surface area contributed by atoms with Gasteiger partial charge >= 0.3 is 0 Å². The quantitative estimate of drug-likeness (QED) is 0.881. The minimum absolute atomic E-state index is 0.109. The monoisotopic (exact) mass is 271 g/mol. The summed E-state index contributed by atoms with van der Waals surface area (Å²) in [5, 5.41) is 12.5. The number of nitrogens with one attached hydrogen (secondary N) is 1. The molecule has 2 N–H and O–H groups in total. The van der Waals surface area contributed by atoms with Gasteiger partial charge in [-0.2, -0.15) is 0 Å². The summed E-state index contributed by atoms with van der Waals surface area (Å²) in [7, 11) is 0. The number of aliphatic hydroxyl groups is 1. The van der Waals surface area contributed by atoms with Crippen LogP contribution >= 0.6 is 15.9 Å². The van der Waals surface area contributed by atoms with Crippen molar-refractivity contribution in [2.24, 2.45) is 5.92 Å². The van der Waals surface area contributed by atoms with Gasteiger partial charge in [-0.15, -0.1) is 0 Å². The van der Waals surface area contributed by atoms with Gasteiger partial charge in [0.2, 0.25) is 5.95 Å². The van der Waals surface area contributed by atoms with Crippen LogP contribution in [0.2, 0.25) is 0 Å². The summed E-state index contributed by atoms with van der Waals surface area (Å²) in [4.78, 5) is 8.25. The van der Waals surface area contributed by atoms with E-state index in [4.69, 9.17) is 0 Å². The van der Waals surface area contributed by atoms with Gasteiger partial charge in [0.1, 0.15) is 0 Å². The largest absolute Gasteiger partial charge is 0.393 e. The van der Waals surface area contributed by atoms with Crippen molar-refractivity contribution in [2.45, 2.75) is 25.4 Å². The number of hydrogen-bond acceptors (Lipinski definition) is 4. The molecule has 0 radical (unpaired) electrons. The van der Waals surface area contributed by atoms with Crippen LogP contribution in [0, 0.1) is 5.92 Å². The summed E-state index contributed by atoms with van der Waals surface area (Å²) >= 11 is 3.28. The van der Waals surface area contributed by atoms with Crippen molar-refractivity contribution in [1.29, 1.82) is 0 Å². The van der Waals surface area contributed by atoms with Gasteiger partial charge in [0.25, 0.3) is 0 Å². The number of anilines is 1. The summed E-state index contributed by atoms with van der Waals surface area (Å²) < 4.78 is 0.879. The van der Waals surface area contributed by atoms with Crippen LogP contribution < -0.4 is 5.32 Å². The molecule has 1 aliphatic carbocycles. The average Bonchev–Trinajstić information content (AvgIpc) is 2.64. The molecule has 2 unspecified atom stereocenters. The molecule has 0 saturated heterocycles. The van der Waals surface area contributed by atoms with Crippen molar-refractivity contribution < 1.29 is 5.11 Å². The topological polar surface area (TPSA) is 58.0 Å². The number of halogens is 1. The highest BCUT2D eigenvalue weighted by Crippen LogP contribution is 2.25. The molecule has 1 saturated carbocycles. The fraction of sp³-hybridized carbons (Fsp3) is 0.600. The predicted molar refractivity (Wildman–Crippen MR) is 61.6 cm³/mol. The van der Waals surface area contributed by atoms with Crippen LogP contribution in [-0.4, -0.2) is 27.7 Å². The van der Waals surface area contributed by atoms with Gasteiger partial charge in [-0.05, 0) is 41.1 Å². The van der Waals surface area contributed by atoms with Gasteiger partial charge in [-0.25, -0.2) is 9.97 Å². The number of rotatable bonds is 3.